The smallest absolute Gasteiger partial charge is 0.00999 e. The standard InChI is InChI=1S/C15H27N/c1-6-7-10-15(3,4)13-9-8-12(2)11-14(13)16-5/h1,12-14,16H,7-11H2,2-5H3. The average Bonchev–Trinajstić information content (AvgIpc) is 2.26. The zero-order chi connectivity index (χ0) is 12.2. The van der Waals surface area contributed by atoms with Gasteiger partial charge < -0.3 is 5.32 Å². The highest BCUT2D eigenvalue weighted by atomic mass is 14.9. The molecule has 1 N–H and O–H groups in total. The van der Waals surface area contributed by atoms with Gasteiger partial charge in [0.2, 0.25) is 0 Å². The Morgan fingerprint density at radius 3 is 2.62 bits per heavy atom. The summed E-state index contributed by atoms with van der Waals surface area (Å²) in [4.78, 5) is 0. The van der Waals surface area contributed by atoms with E-state index in [1.54, 1.807) is 0 Å². The second-order valence-electron chi connectivity index (χ2n) is 6.11. The van der Waals surface area contributed by atoms with Crippen LogP contribution < -0.4 is 5.32 Å². The second kappa shape index (κ2) is 5.73. The number of hydrogen-bond donors (Lipinski definition) is 1. The van der Waals surface area contributed by atoms with E-state index in [1.165, 1.54) is 19.3 Å². The molecule has 0 aliphatic heterocycles. The molecule has 0 amide bonds. The second-order valence-corrected chi connectivity index (χ2v) is 6.11. The Kier molecular flexibility index (Phi) is 4.87. The van der Waals surface area contributed by atoms with Crippen LogP contribution in [-0.4, -0.2) is 13.1 Å². The molecule has 0 heterocycles. The van der Waals surface area contributed by atoms with Crippen molar-refractivity contribution < 1.29 is 0 Å². The highest BCUT2D eigenvalue weighted by molar-refractivity contribution is 4.94. The van der Waals surface area contributed by atoms with E-state index in [0.717, 1.165) is 24.7 Å². The van der Waals surface area contributed by atoms with Gasteiger partial charge in [0.05, 0.1) is 0 Å². The van der Waals surface area contributed by atoms with Crippen molar-refractivity contribution in [3.8, 4) is 12.3 Å². The molecule has 0 spiro atoms. The van der Waals surface area contributed by atoms with Gasteiger partial charge in [-0.05, 0) is 43.6 Å². The third-order valence-electron chi connectivity index (χ3n) is 4.40. The average molecular weight is 221 g/mol. The Bertz CT molecular complexity index is 249. The monoisotopic (exact) mass is 221 g/mol. The summed E-state index contributed by atoms with van der Waals surface area (Å²) < 4.78 is 0. The predicted octanol–water partition coefficient (Wildman–Crippen LogP) is 3.45. The van der Waals surface area contributed by atoms with E-state index in [-0.39, 0.29) is 0 Å². The highest BCUT2D eigenvalue weighted by Gasteiger charge is 2.37. The molecule has 1 aliphatic carbocycles. The zero-order valence-corrected chi connectivity index (χ0v) is 11.3. The molecule has 16 heavy (non-hydrogen) atoms. The van der Waals surface area contributed by atoms with E-state index in [9.17, 15) is 0 Å². The molecule has 0 saturated heterocycles. The summed E-state index contributed by atoms with van der Waals surface area (Å²) in [5, 5.41) is 3.52. The van der Waals surface area contributed by atoms with Gasteiger partial charge in [-0.25, -0.2) is 0 Å². The number of nitrogens with one attached hydrogen (secondary N) is 1. The lowest BCUT2D eigenvalue weighted by molar-refractivity contribution is 0.0917. The van der Waals surface area contributed by atoms with Crippen LogP contribution in [0, 0.1) is 29.6 Å². The van der Waals surface area contributed by atoms with Crippen molar-refractivity contribution in [1.82, 2.24) is 5.32 Å². The molecule has 92 valence electrons. The molecule has 0 aromatic carbocycles. The largest absolute Gasteiger partial charge is 0.317 e. The predicted molar refractivity (Wildman–Crippen MR) is 71.2 cm³/mol. The third kappa shape index (κ3) is 3.25. The van der Waals surface area contributed by atoms with E-state index >= 15 is 0 Å². The molecule has 3 atom stereocenters. The summed E-state index contributed by atoms with van der Waals surface area (Å²) in [5.74, 6) is 4.44. The van der Waals surface area contributed by atoms with Crippen molar-refractivity contribution in [1.29, 1.82) is 0 Å². The summed E-state index contributed by atoms with van der Waals surface area (Å²) in [6, 6.07) is 0.677. The first-order valence-corrected chi connectivity index (χ1v) is 6.62. The fourth-order valence-electron chi connectivity index (χ4n) is 3.22. The molecule has 1 rings (SSSR count). The van der Waals surface area contributed by atoms with E-state index in [1.807, 2.05) is 0 Å². The molecule has 1 aliphatic rings. The van der Waals surface area contributed by atoms with Crippen molar-refractivity contribution in [3.05, 3.63) is 0 Å². The van der Waals surface area contributed by atoms with Crippen molar-refractivity contribution in [2.24, 2.45) is 17.3 Å². The first kappa shape index (κ1) is 13.6. The van der Waals surface area contributed by atoms with Crippen LogP contribution in [0.5, 0.6) is 0 Å². The topological polar surface area (TPSA) is 12.0 Å². The van der Waals surface area contributed by atoms with E-state index in [0.29, 0.717) is 11.5 Å². The minimum atomic E-state index is 0.375. The first-order valence-electron chi connectivity index (χ1n) is 6.62. The Hall–Kier alpha value is -0.480. The van der Waals surface area contributed by atoms with Gasteiger partial charge in [0.25, 0.3) is 0 Å². The van der Waals surface area contributed by atoms with Gasteiger partial charge in [-0.2, -0.15) is 0 Å². The summed E-state index contributed by atoms with van der Waals surface area (Å²) in [6.45, 7) is 7.14. The molecule has 0 bridgehead atoms. The van der Waals surface area contributed by atoms with Gasteiger partial charge in [0.15, 0.2) is 0 Å². The lowest BCUT2D eigenvalue weighted by Crippen LogP contribution is -2.45. The Morgan fingerprint density at radius 2 is 2.06 bits per heavy atom. The Labute approximate surface area is 101 Å². The van der Waals surface area contributed by atoms with E-state index < -0.39 is 0 Å². The van der Waals surface area contributed by atoms with Crippen LogP contribution >= 0.6 is 0 Å². The Morgan fingerprint density at radius 1 is 1.38 bits per heavy atom. The Balaban J connectivity index is 2.65. The molecule has 3 unspecified atom stereocenters. The van der Waals surface area contributed by atoms with Crippen LogP contribution in [0.3, 0.4) is 0 Å². The van der Waals surface area contributed by atoms with Crippen molar-refractivity contribution in [2.45, 2.75) is 58.9 Å². The van der Waals surface area contributed by atoms with Crippen LogP contribution in [0.4, 0.5) is 0 Å². The fraction of sp³-hybridized carbons (Fsp3) is 0.867. The van der Waals surface area contributed by atoms with Crippen molar-refractivity contribution in [2.75, 3.05) is 7.05 Å². The van der Waals surface area contributed by atoms with Gasteiger partial charge in [-0.15, -0.1) is 12.3 Å². The molecule has 1 heteroatoms. The third-order valence-corrected chi connectivity index (χ3v) is 4.40. The molecule has 1 nitrogen and oxygen atoms in total. The number of terminal acetylenes is 1. The molecule has 1 saturated carbocycles. The maximum atomic E-state index is 5.39. The van der Waals surface area contributed by atoms with E-state index in [4.69, 9.17) is 6.42 Å². The first-order chi connectivity index (χ1) is 7.51. The van der Waals surface area contributed by atoms with Gasteiger partial charge >= 0.3 is 0 Å². The van der Waals surface area contributed by atoms with Crippen molar-refractivity contribution >= 4 is 0 Å². The summed E-state index contributed by atoms with van der Waals surface area (Å²) >= 11 is 0. The van der Waals surface area contributed by atoms with Gasteiger partial charge in [-0.1, -0.05) is 27.2 Å². The van der Waals surface area contributed by atoms with Crippen LogP contribution in [0.2, 0.25) is 0 Å². The van der Waals surface area contributed by atoms with E-state index in [2.05, 4.69) is 39.1 Å². The van der Waals surface area contributed by atoms with Crippen LogP contribution in [0.15, 0.2) is 0 Å². The minimum absolute atomic E-state index is 0.375. The van der Waals surface area contributed by atoms with Crippen LogP contribution in [-0.2, 0) is 0 Å². The molecule has 0 aromatic rings. The number of rotatable bonds is 4. The van der Waals surface area contributed by atoms with Gasteiger partial charge in [-0.3, -0.25) is 0 Å². The van der Waals surface area contributed by atoms with Crippen LogP contribution in [0.1, 0.15) is 52.9 Å². The normalized spacial score (nSPS) is 31.1. The zero-order valence-electron chi connectivity index (χ0n) is 11.3. The van der Waals surface area contributed by atoms with Gasteiger partial charge in [0, 0.05) is 12.5 Å². The molecular weight excluding hydrogens is 194 g/mol. The lowest BCUT2D eigenvalue weighted by atomic mass is 9.65. The number of hydrogen-bond acceptors (Lipinski definition) is 1. The van der Waals surface area contributed by atoms with Gasteiger partial charge in [0.1, 0.15) is 0 Å². The highest BCUT2D eigenvalue weighted by Crippen LogP contribution is 2.42. The molecular formula is C15H27N. The summed E-state index contributed by atoms with van der Waals surface area (Å²) in [6.07, 6.45) is 11.5. The summed E-state index contributed by atoms with van der Waals surface area (Å²) in [5.41, 5.74) is 0.375. The fourth-order valence-corrected chi connectivity index (χ4v) is 3.22. The quantitative estimate of drug-likeness (QED) is 0.717. The molecule has 0 aromatic heterocycles. The minimum Gasteiger partial charge on any atom is -0.317 e. The van der Waals surface area contributed by atoms with Crippen LogP contribution in [0.25, 0.3) is 0 Å². The molecule has 0 radical (unpaired) electrons. The lowest BCUT2D eigenvalue weighted by Gasteiger charge is -2.44. The maximum Gasteiger partial charge on any atom is 0.00999 e. The molecule has 1 fully saturated rings. The van der Waals surface area contributed by atoms with Crippen molar-refractivity contribution in [3.63, 3.8) is 0 Å². The summed E-state index contributed by atoms with van der Waals surface area (Å²) in [7, 11) is 2.10. The maximum absolute atomic E-state index is 5.39. The SMILES string of the molecule is C#CCCC(C)(C)C1CCC(C)CC1NC.